The van der Waals surface area contributed by atoms with Crippen molar-refractivity contribution in [2.45, 2.75) is 11.8 Å². The van der Waals surface area contributed by atoms with Crippen LogP contribution < -0.4 is 4.74 Å². The number of aryl methyl sites for hydroxylation is 1. The molecule has 0 spiro atoms. The maximum absolute atomic E-state index is 13.0. The van der Waals surface area contributed by atoms with Gasteiger partial charge in [0, 0.05) is 41.6 Å². The highest BCUT2D eigenvalue weighted by Crippen LogP contribution is 2.30. The summed E-state index contributed by atoms with van der Waals surface area (Å²) in [6, 6.07) is 11.9. The first kappa shape index (κ1) is 20.9. The van der Waals surface area contributed by atoms with Crippen LogP contribution in [0.15, 0.2) is 56.2 Å². The second-order valence-electron chi connectivity index (χ2n) is 7.07. The van der Waals surface area contributed by atoms with Gasteiger partial charge in [0.05, 0.1) is 12.0 Å². The average Bonchev–Trinajstić information content (AvgIpc) is 3.09. The van der Waals surface area contributed by atoms with Crippen molar-refractivity contribution in [3.05, 3.63) is 58.3 Å². The van der Waals surface area contributed by atoms with Gasteiger partial charge in [-0.3, -0.25) is 4.79 Å². The van der Waals surface area contributed by atoms with Gasteiger partial charge in [0.2, 0.25) is 10.0 Å². The van der Waals surface area contributed by atoms with Crippen molar-refractivity contribution in [2.75, 3.05) is 33.3 Å². The third-order valence-corrected chi connectivity index (χ3v) is 7.76. The number of furan rings is 1. The van der Waals surface area contributed by atoms with Gasteiger partial charge < -0.3 is 14.1 Å². The first-order valence-corrected chi connectivity index (χ1v) is 11.7. The Balaban J connectivity index is 1.50. The number of halogens is 1. The number of benzene rings is 2. The fourth-order valence-electron chi connectivity index (χ4n) is 3.56. The summed E-state index contributed by atoms with van der Waals surface area (Å²) in [6.07, 6.45) is 0. The normalized spacial score (nSPS) is 15.5. The molecule has 1 fully saturated rings. The standard InChI is InChI=1S/C21H21BrN2O5S/c1-14-18-13-16(28-2)5-8-19(18)29-20(14)21(25)23-9-11-24(12-10-23)30(26,27)17-6-3-15(22)4-7-17/h3-8,13H,9-12H2,1-2H3. The molecule has 0 saturated carbocycles. The molecule has 3 aromatic rings. The SMILES string of the molecule is COc1ccc2oc(C(=O)N3CCN(S(=O)(=O)c4ccc(Br)cc4)CC3)c(C)c2c1. The van der Waals surface area contributed by atoms with Crippen molar-refractivity contribution in [3.63, 3.8) is 0 Å². The molecular formula is C21H21BrN2O5S. The number of piperazine rings is 1. The molecule has 1 aromatic heterocycles. The fraction of sp³-hybridized carbons (Fsp3) is 0.286. The number of sulfonamides is 1. The molecule has 0 atom stereocenters. The zero-order chi connectivity index (χ0) is 21.5. The highest BCUT2D eigenvalue weighted by Gasteiger charge is 2.32. The van der Waals surface area contributed by atoms with E-state index >= 15 is 0 Å². The van der Waals surface area contributed by atoms with Crippen LogP contribution in [0.1, 0.15) is 16.1 Å². The predicted octanol–water partition coefficient (Wildman–Crippen LogP) is 3.66. The Morgan fingerprint density at radius 2 is 1.73 bits per heavy atom. The monoisotopic (exact) mass is 492 g/mol. The molecule has 4 rings (SSSR count). The third-order valence-electron chi connectivity index (χ3n) is 5.31. The number of rotatable bonds is 4. The lowest BCUT2D eigenvalue weighted by atomic mass is 10.1. The van der Waals surface area contributed by atoms with Crippen LogP contribution in [0.2, 0.25) is 0 Å². The Morgan fingerprint density at radius 3 is 2.37 bits per heavy atom. The molecule has 158 valence electrons. The van der Waals surface area contributed by atoms with Gasteiger partial charge in [0.15, 0.2) is 5.76 Å². The van der Waals surface area contributed by atoms with Crippen LogP contribution in [0, 0.1) is 6.92 Å². The van der Waals surface area contributed by atoms with Gasteiger partial charge >= 0.3 is 0 Å². The molecular weight excluding hydrogens is 472 g/mol. The van der Waals surface area contributed by atoms with E-state index in [9.17, 15) is 13.2 Å². The van der Waals surface area contributed by atoms with Crippen LogP contribution in [0.4, 0.5) is 0 Å². The first-order valence-electron chi connectivity index (χ1n) is 9.43. The van der Waals surface area contributed by atoms with E-state index in [1.807, 2.05) is 13.0 Å². The number of hydrogen-bond acceptors (Lipinski definition) is 5. The molecule has 0 N–H and O–H groups in total. The van der Waals surface area contributed by atoms with Gasteiger partial charge in [0.25, 0.3) is 5.91 Å². The largest absolute Gasteiger partial charge is 0.497 e. The lowest BCUT2D eigenvalue weighted by Crippen LogP contribution is -2.50. The number of amides is 1. The molecule has 0 unspecified atom stereocenters. The van der Waals surface area contributed by atoms with Crippen LogP contribution in [0.25, 0.3) is 11.0 Å². The third kappa shape index (κ3) is 3.73. The minimum absolute atomic E-state index is 0.233. The van der Waals surface area contributed by atoms with Gasteiger partial charge in [-0.05, 0) is 49.4 Å². The van der Waals surface area contributed by atoms with E-state index in [0.717, 1.165) is 15.4 Å². The van der Waals surface area contributed by atoms with Gasteiger partial charge in [-0.25, -0.2) is 8.42 Å². The summed E-state index contributed by atoms with van der Waals surface area (Å²) < 4.78 is 39.0. The number of methoxy groups -OCH3 is 1. The summed E-state index contributed by atoms with van der Waals surface area (Å²) in [4.78, 5) is 14.9. The number of fused-ring (bicyclic) bond motifs is 1. The highest BCUT2D eigenvalue weighted by molar-refractivity contribution is 9.10. The summed E-state index contributed by atoms with van der Waals surface area (Å²) in [7, 11) is -2.00. The molecule has 0 aliphatic carbocycles. The van der Waals surface area contributed by atoms with Crippen LogP contribution in [0.3, 0.4) is 0 Å². The molecule has 7 nitrogen and oxygen atoms in total. The minimum Gasteiger partial charge on any atom is -0.497 e. The second-order valence-corrected chi connectivity index (χ2v) is 9.92. The lowest BCUT2D eigenvalue weighted by molar-refractivity contribution is 0.0667. The molecule has 0 radical (unpaired) electrons. The molecule has 30 heavy (non-hydrogen) atoms. The average molecular weight is 493 g/mol. The molecule has 2 aromatic carbocycles. The van der Waals surface area contributed by atoms with Gasteiger partial charge in [-0.15, -0.1) is 0 Å². The summed E-state index contributed by atoms with van der Waals surface area (Å²) in [6.45, 7) is 2.91. The van der Waals surface area contributed by atoms with Crippen molar-refractivity contribution in [1.82, 2.24) is 9.21 Å². The Labute approximate surface area is 183 Å². The first-order chi connectivity index (χ1) is 14.3. The topological polar surface area (TPSA) is 80.1 Å². The summed E-state index contributed by atoms with van der Waals surface area (Å²) in [5, 5.41) is 0.828. The van der Waals surface area contributed by atoms with E-state index in [-0.39, 0.29) is 29.7 Å². The maximum atomic E-state index is 13.0. The summed E-state index contributed by atoms with van der Waals surface area (Å²) in [5.74, 6) is 0.739. The van der Waals surface area contributed by atoms with Gasteiger partial charge in [-0.1, -0.05) is 15.9 Å². The number of carbonyl (C=O) groups is 1. The fourth-order valence-corrected chi connectivity index (χ4v) is 5.25. The Kier molecular flexibility index (Phi) is 5.61. The zero-order valence-electron chi connectivity index (χ0n) is 16.6. The maximum Gasteiger partial charge on any atom is 0.289 e. The lowest BCUT2D eigenvalue weighted by Gasteiger charge is -2.33. The van der Waals surface area contributed by atoms with E-state index in [1.165, 1.54) is 4.31 Å². The summed E-state index contributed by atoms with van der Waals surface area (Å²) in [5.41, 5.74) is 1.37. The van der Waals surface area contributed by atoms with Crippen molar-refractivity contribution in [1.29, 1.82) is 0 Å². The van der Waals surface area contributed by atoms with Gasteiger partial charge in [0.1, 0.15) is 11.3 Å². The van der Waals surface area contributed by atoms with Crippen LogP contribution in [0.5, 0.6) is 5.75 Å². The molecule has 9 heteroatoms. The Morgan fingerprint density at radius 1 is 1.07 bits per heavy atom. The predicted molar refractivity (Wildman–Crippen MR) is 116 cm³/mol. The van der Waals surface area contributed by atoms with Crippen LogP contribution in [-0.4, -0.2) is 56.8 Å². The minimum atomic E-state index is -3.59. The van der Waals surface area contributed by atoms with Crippen molar-refractivity contribution >= 4 is 42.8 Å². The van der Waals surface area contributed by atoms with Crippen LogP contribution in [-0.2, 0) is 10.0 Å². The second kappa shape index (κ2) is 8.05. The Bertz CT molecular complexity index is 1200. The van der Waals surface area contributed by atoms with E-state index < -0.39 is 10.0 Å². The number of carbonyl (C=O) groups excluding carboxylic acids is 1. The molecule has 0 bridgehead atoms. The molecule has 1 saturated heterocycles. The molecule has 1 aliphatic rings. The number of ether oxygens (including phenoxy) is 1. The van der Waals surface area contributed by atoms with Gasteiger partial charge in [-0.2, -0.15) is 4.31 Å². The quantitative estimate of drug-likeness (QED) is 0.555. The van der Waals surface area contributed by atoms with E-state index in [2.05, 4.69) is 15.9 Å². The molecule has 1 amide bonds. The molecule has 2 heterocycles. The highest BCUT2D eigenvalue weighted by atomic mass is 79.9. The number of nitrogens with zero attached hydrogens (tertiary/aromatic N) is 2. The van der Waals surface area contributed by atoms with E-state index in [1.54, 1.807) is 48.4 Å². The van der Waals surface area contributed by atoms with Crippen molar-refractivity contribution < 1.29 is 22.4 Å². The van der Waals surface area contributed by atoms with Crippen molar-refractivity contribution in [2.24, 2.45) is 0 Å². The number of hydrogen-bond donors (Lipinski definition) is 0. The summed E-state index contributed by atoms with van der Waals surface area (Å²) >= 11 is 3.31. The van der Waals surface area contributed by atoms with Crippen molar-refractivity contribution in [3.8, 4) is 5.75 Å². The smallest absolute Gasteiger partial charge is 0.289 e. The molecule has 1 aliphatic heterocycles. The van der Waals surface area contributed by atoms with E-state index in [4.69, 9.17) is 9.15 Å². The Hall–Kier alpha value is -2.36. The van der Waals surface area contributed by atoms with E-state index in [0.29, 0.717) is 24.4 Å². The zero-order valence-corrected chi connectivity index (χ0v) is 19.0. The van der Waals surface area contributed by atoms with Crippen LogP contribution >= 0.6 is 15.9 Å².